The van der Waals surface area contributed by atoms with Crippen molar-refractivity contribution < 1.29 is 4.74 Å². The summed E-state index contributed by atoms with van der Waals surface area (Å²) in [5, 5.41) is 8.14. The molecule has 1 N–H and O–H groups in total. The highest BCUT2D eigenvalue weighted by molar-refractivity contribution is 6.33. The zero-order valence-corrected chi connectivity index (χ0v) is 11.8. The third-order valence-corrected chi connectivity index (χ3v) is 3.03. The summed E-state index contributed by atoms with van der Waals surface area (Å²) in [6, 6.07) is 5.72. The maximum Gasteiger partial charge on any atom is 0.138 e. The molecule has 0 aliphatic rings. The van der Waals surface area contributed by atoms with E-state index in [1.54, 1.807) is 18.1 Å². The van der Waals surface area contributed by atoms with Crippen molar-refractivity contribution in [1.29, 1.82) is 0 Å². The number of methoxy groups -OCH3 is 1. The third kappa shape index (κ3) is 3.45. The van der Waals surface area contributed by atoms with Crippen molar-refractivity contribution in [2.75, 3.05) is 25.6 Å². The molecule has 6 heteroatoms. The smallest absolute Gasteiger partial charge is 0.138 e. The highest BCUT2D eigenvalue weighted by atomic mass is 35.5. The Morgan fingerprint density at radius 3 is 3.00 bits per heavy atom. The molecule has 1 heterocycles. The molecule has 0 saturated heterocycles. The molecule has 1 aromatic carbocycles. The minimum Gasteiger partial charge on any atom is -0.384 e. The number of hydrogen-bond donors (Lipinski definition) is 1. The molecular formula is C13H17ClN4O. The largest absolute Gasteiger partial charge is 0.384 e. The van der Waals surface area contributed by atoms with Crippen LogP contribution in [-0.4, -0.2) is 35.0 Å². The SMILES string of the molecule is COCC(C)CNc1cccc(Cl)c1-n1cncn1. The van der Waals surface area contributed by atoms with Crippen LogP contribution in [0.15, 0.2) is 30.9 Å². The molecule has 5 nitrogen and oxygen atoms in total. The van der Waals surface area contributed by atoms with Gasteiger partial charge in [-0.05, 0) is 18.1 Å². The second kappa shape index (κ2) is 6.54. The van der Waals surface area contributed by atoms with Crippen LogP contribution in [0.4, 0.5) is 5.69 Å². The number of anilines is 1. The highest BCUT2D eigenvalue weighted by Crippen LogP contribution is 2.27. The molecule has 2 rings (SSSR count). The number of aromatic nitrogens is 3. The topological polar surface area (TPSA) is 52.0 Å². The standard InChI is InChI=1S/C13H17ClN4O/c1-10(7-19-2)6-16-12-5-3-4-11(14)13(12)18-9-15-8-17-18/h3-5,8-10,16H,6-7H2,1-2H3. The number of nitrogens with one attached hydrogen (secondary N) is 1. The van der Waals surface area contributed by atoms with Gasteiger partial charge < -0.3 is 10.1 Å². The van der Waals surface area contributed by atoms with E-state index in [9.17, 15) is 0 Å². The van der Waals surface area contributed by atoms with Crippen molar-refractivity contribution in [3.05, 3.63) is 35.9 Å². The predicted octanol–water partition coefficient (Wildman–Crippen LogP) is 2.62. The maximum absolute atomic E-state index is 6.24. The van der Waals surface area contributed by atoms with Crippen LogP contribution in [0.5, 0.6) is 0 Å². The first-order valence-electron chi connectivity index (χ1n) is 6.08. The van der Waals surface area contributed by atoms with Gasteiger partial charge in [-0.25, -0.2) is 9.67 Å². The zero-order valence-electron chi connectivity index (χ0n) is 11.0. The Labute approximate surface area is 117 Å². The van der Waals surface area contributed by atoms with E-state index in [4.69, 9.17) is 16.3 Å². The van der Waals surface area contributed by atoms with Crippen LogP contribution >= 0.6 is 11.6 Å². The summed E-state index contributed by atoms with van der Waals surface area (Å²) in [6.45, 7) is 3.64. The van der Waals surface area contributed by atoms with Crippen molar-refractivity contribution in [2.24, 2.45) is 5.92 Å². The van der Waals surface area contributed by atoms with Gasteiger partial charge >= 0.3 is 0 Å². The summed E-state index contributed by atoms with van der Waals surface area (Å²) in [7, 11) is 1.71. The molecule has 0 saturated carbocycles. The normalized spacial score (nSPS) is 12.4. The number of rotatable bonds is 6. The van der Waals surface area contributed by atoms with Crippen LogP contribution in [-0.2, 0) is 4.74 Å². The van der Waals surface area contributed by atoms with Gasteiger partial charge in [0, 0.05) is 13.7 Å². The average molecular weight is 281 g/mol. The lowest BCUT2D eigenvalue weighted by Gasteiger charge is -2.16. The summed E-state index contributed by atoms with van der Waals surface area (Å²) in [5.74, 6) is 0.410. The summed E-state index contributed by atoms with van der Waals surface area (Å²) >= 11 is 6.24. The number of nitrogens with zero attached hydrogens (tertiary/aromatic N) is 3. The molecule has 0 spiro atoms. The van der Waals surface area contributed by atoms with Crippen molar-refractivity contribution in [3.63, 3.8) is 0 Å². The van der Waals surface area contributed by atoms with E-state index in [-0.39, 0.29) is 0 Å². The molecule has 0 amide bonds. The van der Waals surface area contributed by atoms with Crippen LogP contribution in [0.2, 0.25) is 5.02 Å². The molecule has 102 valence electrons. The Morgan fingerprint density at radius 1 is 1.47 bits per heavy atom. The molecule has 0 fully saturated rings. The zero-order chi connectivity index (χ0) is 13.7. The van der Waals surface area contributed by atoms with Gasteiger partial charge in [0.2, 0.25) is 0 Å². The molecule has 19 heavy (non-hydrogen) atoms. The van der Waals surface area contributed by atoms with Gasteiger partial charge in [-0.15, -0.1) is 0 Å². The van der Waals surface area contributed by atoms with E-state index in [1.807, 2.05) is 18.2 Å². The number of ether oxygens (including phenoxy) is 1. The first kappa shape index (κ1) is 13.8. The van der Waals surface area contributed by atoms with Gasteiger partial charge in [0.1, 0.15) is 18.3 Å². The average Bonchev–Trinajstić information content (AvgIpc) is 2.90. The molecule has 0 aliphatic carbocycles. The van der Waals surface area contributed by atoms with Crippen LogP contribution in [0.1, 0.15) is 6.92 Å². The van der Waals surface area contributed by atoms with Crippen LogP contribution in [0.25, 0.3) is 5.69 Å². The van der Waals surface area contributed by atoms with E-state index >= 15 is 0 Å². The van der Waals surface area contributed by atoms with Crippen molar-refractivity contribution in [3.8, 4) is 5.69 Å². The minimum absolute atomic E-state index is 0.410. The quantitative estimate of drug-likeness (QED) is 0.884. The van der Waals surface area contributed by atoms with E-state index < -0.39 is 0 Å². The van der Waals surface area contributed by atoms with Crippen LogP contribution in [0.3, 0.4) is 0 Å². The Balaban J connectivity index is 2.19. The van der Waals surface area contributed by atoms with Crippen LogP contribution < -0.4 is 5.32 Å². The molecule has 2 aromatic rings. The van der Waals surface area contributed by atoms with E-state index in [1.165, 1.54) is 6.33 Å². The Kier molecular flexibility index (Phi) is 4.76. The summed E-state index contributed by atoms with van der Waals surface area (Å²) in [6.07, 6.45) is 3.12. The lowest BCUT2D eigenvalue weighted by molar-refractivity contribution is 0.164. The second-order valence-corrected chi connectivity index (χ2v) is 4.82. The molecule has 1 unspecified atom stereocenters. The van der Waals surface area contributed by atoms with Gasteiger partial charge in [0.25, 0.3) is 0 Å². The molecule has 0 bridgehead atoms. The number of halogens is 1. The van der Waals surface area contributed by atoms with Crippen LogP contribution in [0, 0.1) is 5.92 Å². The molecule has 0 radical (unpaired) electrons. The Bertz CT molecular complexity index is 515. The number of benzene rings is 1. The van der Waals surface area contributed by atoms with E-state index in [2.05, 4.69) is 22.3 Å². The van der Waals surface area contributed by atoms with Crippen molar-refractivity contribution in [1.82, 2.24) is 14.8 Å². The second-order valence-electron chi connectivity index (χ2n) is 4.42. The first-order chi connectivity index (χ1) is 9.22. The van der Waals surface area contributed by atoms with E-state index in [0.29, 0.717) is 17.5 Å². The number of hydrogen-bond acceptors (Lipinski definition) is 4. The fourth-order valence-corrected chi connectivity index (χ4v) is 2.10. The fourth-order valence-electron chi connectivity index (χ4n) is 1.84. The molecule has 0 aliphatic heterocycles. The van der Waals surface area contributed by atoms with Gasteiger partial charge in [0.05, 0.1) is 17.3 Å². The van der Waals surface area contributed by atoms with Crippen molar-refractivity contribution >= 4 is 17.3 Å². The Hall–Kier alpha value is -1.59. The highest BCUT2D eigenvalue weighted by Gasteiger charge is 2.10. The van der Waals surface area contributed by atoms with Gasteiger partial charge in [-0.3, -0.25) is 0 Å². The predicted molar refractivity (Wildman–Crippen MR) is 75.9 cm³/mol. The number of para-hydroxylation sites is 1. The Morgan fingerprint density at radius 2 is 2.32 bits per heavy atom. The molecular weight excluding hydrogens is 264 g/mol. The van der Waals surface area contributed by atoms with Gasteiger partial charge in [-0.2, -0.15) is 5.10 Å². The first-order valence-corrected chi connectivity index (χ1v) is 6.46. The molecule has 1 atom stereocenters. The lowest BCUT2D eigenvalue weighted by Crippen LogP contribution is -2.17. The fraction of sp³-hybridized carbons (Fsp3) is 0.385. The maximum atomic E-state index is 6.24. The lowest BCUT2D eigenvalue weighted by atomic mass is 10.2. The summed E-state index contributed by atoms with van der Waals surface area (Å²) in [4.78, 5) is 3.95. The minimum atomic E-state index is 0.410. The summed E-state index contributed by atoms with van der Waals surface area (Å²) < 4.78 is 6.78. The third-order valence-electron chi connectivity index (χ3n) is 2.73. The monoisotopic (exact) mass is 280 g/mol. The van der Waals surface area contributed by atoms with Crippen molar-refractivity contribution in [2.45, 2.75) is 6.92 Å². The van der Waals surface area contributed by atoms with Gasteiger partial charge in [0.15, 0.2) is 0 Å². The van der Waals surface area contributed by atoms with Gasteiger partial charge in [-0.1, -0.05) is 24.6 Å². The molecule has 1 aromatic heterocycles. The summed E-state index contributed by atoms with van der Waals surface area (Å²) in [5.41, 5.74) is 1.74. The van der Waals surface area contributed by atoms with E-state index in [0.717, 1.165) is 17.9 Å².